The van der Waals surface area contributed by atoms with E-state index in [0.29, 0.717) is 12.0 Å². The van der Waals surface area contributed by atoms with Crippen molar-refractivity contribution in [2.24, 2.45) is 0 Å². The molecule has 0 fully saturated rings. The van der Waals surface area contributed by atoms with E-state index in [0.717, 1.165) is 0 Å². The summed E-state index contributed by atoms with van der Waals surface area (Å²) in [7, 11) is 0. The van der Waals surface area contributed by atoms with Crippen molar-refractivity contribution < 1.29 is 0 Å². The van der Waals surface area contributed by atoms with E-state index in [1.165, 1.54) is 34.4 Å². The lowest BCUT2D eigenvalue weighted by molar-refractivity contribution is 0.733. The summed E-state index contributed by atoms with van der Waals surface area (Å²) in [4.78, 5) is 0. The highest BCUT2D eigenvalue weighted by Gasteiger charge is 2.07. The van der Waals surface area contributed by atoms with Crippen LogP contribution in [0.2, 0.25) is 0 Å². The maximum atomic E-state index is 3.59. The Bertz CT molecular complexity index is 583. The third kappa shape index (κ3) is 3.87. The molecule has 0 spiro atoms. The molecule has 2 aromatic carbocycles. The monoisotopic (exact) mass is 281 g/mol. The van der Waals surface area contributed by atoms with Crippen LogP contribution in [0.15, 0.2) is 42.5 Å². The van der Waals surface area contributed by atoms with Gasteiger partial charge in [-0.2, -0.15) is 0 Å². The normalized spacial score (nSPS) is 13.8. The van der Waals surface area contributed by atoms with Crippen LogP contribution in [0.1, 0.15) is 61.4 Å². The van der Waals surface area contributed by atoms with Crippen LogP contribution >= 0.6 is 0 Å². The molecule has 21 heavy (non-hydrogen) atoms. The molecule has 0 radical (unpaired) electrons. The molecule has 0 amide bonds. The SMILES string of the molecule is CCC(C)c1ccc(NC(C)c2ccc(C)c(C)c2)cc1. The Morgan fingerprint density at radius 2 is 1.48 bits per heavy atom. The fraction of sp³-hybridized carbons (Fsp3) is 0.400. The fourth-order valence-electron chi connectivity index (χ4n) is 2.51. The van der Waals surface area contributed by atoms with E-state index in [1.54, 1.807) is 0 Å². The van der Waals surface area contributed by atoms with E-state index in [1.807, 2.05) is 0 Å². The molecule has 0 aliphatic heterocycles. The van der Waals surface area contributed by atoms with Crippen molar-refractivity contribution in [1.29, 1.82) is 0 Å². The first-order valence-corrected chi connectivity index (χ1v) is 7.95. The number of benzene rings is 2. The third-order valence-corrected chi connectivity index (χ3v) is 4.51. The summed E-state index contributed by atoms with van der Waals surface area (Å²) in [6.45, 7) is 11.1. The first-order chi connectivity index (χ1) is 10.0. The predicted octanol–water partition coefficient (Wildman–Crippen LogP) is 5.99. The quantitative estimate of drug-likeness (QED) is 0.709. The van der Waals surface area contributed by atoms with Gasteiger partial charge in [-0.15, -0.1) is 0 Å². The van der Waals surface area contributed by atoms with E-state index in [9.17, 15) is 0 Å². The molecule has 112 valence electrons. The highest BCUT2D eigenvalue weighted by Crippen LogP contribution is 2.24. The zero-order valence-corrected chi connectivity index (χ0v) is 13.9. The van der Waals surface area contributed by atoms with E-state index in [2.05, 4.69) is 82.4 Å². The van der Waals surface area contributed by atoms with Crippen molar-refractivity contribution in [2.45, 2.75) is 53.0 Å². The Labute approximate surface area is 129 Å². The van der Waals surface area contributed by atoms with E-state index < -0.39 is 0 Å². The molecule has 0 heterocycles. The largest absolute Gasteiger partial charge is 0.379 e. The third-order valence-electron chi connectivity index (χ3n) is 4.51. The molecular weight excluding hydrogens is 254 g/mol. The van der Waals surface area contributed by atoms with Gasteiger partial charge in [-0.25, -0.2) is 0 Å². The molecule has 1 heteroatoms. The lowest BCUT2D eigenvalue weighted by Gasteiger charge is -2.18. The summed E-state index contributed by atoms with van der Waals surface area (Å²) in [6.07, 6.45) is 1.19. The standard InChI is InChI=1S/C20H27N/c1-6-14(2)18-9-11-20(12-10-18)21-17(5)19-8-7-15(3)16(4)13-19/h7-14,17,21H,6H2,1-5H3. The van der Waals surface area contributed by atoms with E-state index in [-0.39, 0.29) is 0 Å². The molecule has 0 aliphatic carbocycles. The number of anilines is 1. The smallest absolute Gasteiger partial charge is 0.0485 e. The Balaban J connectivity index is 2.08. The topological polar surface area (TPSA) is 12.0 Å². The van der Waals surface area contributed by atoms with Gasteiger partial charge in [0.05, 0.1) is 0 Å². The molecule has 1 N–H and O–H groups in total. The number of hydrogen-bond donors (Lipinski definition) is 1. The number of nitrogens with one attached hydrogen (secondary N) is 1. The predicted molar refractivity (Wildman–Crippen MR) is 93.1 cm³/mol. The molecule has 0 aliphatic rings. The lowest BCUT2D eigenvalue weighted by Crippen LogP contribution is -2.07. The average Bonchev–Trinajstić information content (AvgIpc) is 2.50. The second-order valence-electron chi connectivity index (χ2n) is 6.14. The van der Waals surface area contributed by atoms with Crippen molar-refractivity contribution in [3.05, 3.63) is 64.7 Å². The van der Waals surface area contributed by atoms with Crippen LogP contribution in [0.3, 0.4) is 0 Å². The molecule has 2 rings (SSSR count). The van der Waals surface area contributed by atoms with Crippen LogP contribution in [0.25, 0.3) is 0 Å². The second kappa shape index (κ2) is 6.80. The molecule has 2 atom stereocenters. The van der Waals surface area contributed by atoms with Crippen molar-refractivity contribution in [1.82, 2.24) is 0 Å². The Kier molecular flexibility index (Phi) is 5.06. The maximum absolute atomic E-state index is 3.59. The van der Waals surface area contributed by atoms with Crippen molar-refractivity contribution in [3.63, 3.8) is 0 Å². The number of aryl methyl sites for hydroxylation is 2. The first kappa shape index (κ1) is 15.6. The Hall–Kier alpha value is -1.76. The number of hydrogen-bond acceptors (Lipinski definition) is 1. The number of rotatable bonds is 5. The van der Waals surface area contributed by atoms with Gasteiger partial charge in [0, 0.05) is 11.7 Å². The summed E-state index contributed by atoms with van der Waals surface area (Å²) in [5.41, 5.74) is 6.65. The second-order valence-corrected chi connectivity index (χ2v) is 6.14. The fourth-order valence-corrected chi connectivity index (χ4v) is 2.51. The molecule has 0 aromatic heterocycles. The highest BCUT2D eigenvalue weighted by molar-refractivity contribution is 5.47. The molecule has 2 unspecified atom stereocenters. The van der Waals surface area contributed by atoms with Gasteiger partial charge in [-0.1, -0.05) is 44.2 Å². The van der Waals surface area contributed by atoms with E-state index in [4.69, 9.17) is 0 Å². The van der Waals surface area contributed by atoms with Crippen molar-refractivity contribution in [3.8, 4) is 0 Å². The highest BCUT2D eigenvalue weighted by atomic mass is 14.9. The Morgan fingerprint density at radius 1 is 0.857 bits per heavy atom. The summed E-state index contributed by atoms with van der Waals surface area (Å²) in [5, 5.41) is 3.59. The van der Waals surface area contributed by atoms with Crippen LogP contribution < -0.4 is 5.32 Å². The first-order valence-electron chi connectivity index (χ1n) is 7.95. The zero-order chi connectivity index (χ0) is 15.4. The Morgan fingerprint density at radius 3 is 2.05 bits per heavy atom. The lowest BCUT2D eigenvalue weighted by atomic mass is 9.98. The van der Waals surface area contributed by atoms with Gasteiger partial charge in [-0.05, 0) is 67.5 Å². The van der Waals surface area contributed by atoms with Crippen LogP contribution in [-0.2, 0) is 0 Å². The maximum Gasteiger partial charge on any atom is 0.0485 e. The van der Waals surface area contributed by atoms with Gasteiger partial charge in [0.25, 0.3) is 0 Å². The van der Waals surface area contributed by atoms with Crippen LogP contribution in [0.4, 0.5) is 5.69 Å². The summed E-state index contributed by atoms with van der Waals surface area (Å²) in [5.74, 6) is 0.635. The molecule has 1 nitrogen and oxygen atoms in total. The van der Waals surface area contributed by atoms with Gasteiger partial charge in [0.2, 0.25) is 0 Å². The van der Waals surface area contributed by atoms with Crippen molar-refractivity contribution in [2.75, 3.05) is 5.32 Å². The summed E-state index contributed by atoms with van der Waals surface area (Å²) in [6, 6.07) is 15.9. The van der Waals surface area contributed by atoms with Gasteiger partial charge in [-0.3, -0.25) is 0 Å². The van der Waals surface area contributed by atoms with Gasteiger partial charge in [0.15, 0.2) is 0 Å². The molecular formula is C20H27N. The van der Waals surface area contributed by atoms with Crippen LogP contribution in [-0.4, -0.2) is 0 Å². The molecule has 0 bridgehead atoms. The summed E-state index contributed by atoms with van der Waals surface area (Å²) < 4.78 is 0. The minimum Gasteiger partial charge on any atom is -0.379 e. The van der Waals surface area contributed by atoms with Crippen LogP contribution in [0, 0.1) is 13.8 Å². The van der Waals surface area contributed by atoms with Crippen LogP contribution in [0.5, 0.6) is 0 Å². The average molecular weight is 281 g/mol. The van der Waals surface area contributed by atoms with Gasteiger partial charge < -0.3 is 5.32 Å². The van der Waals surface area contributed by atoms with Gasteiger partial charge >= 0.3 is 0 Å². The molecule has 2 aromatic rings. The van der Waals surface area contributed by atoms with Gasteiger partial charge in [0.1, 0.15) is 0 Å². The minimum atomic E-state index is 0.318. The van der Waals surface area contributed by atoms with Crippen molar-refractivity contribution >= 4 is 5.69 Å². The molecule has 0 saturated heterocycles. The summed E-state index contributed by atoms with van der Waals surface area (Å²) >= 11 is 0. The van der Waals surface area contributed by atoms with E-state index >= 15 is 0 Å². The minimum absolute atomic E-state index is 0.318. The molecule has 0 saturated carbocycles. The zero-order valence-electron chi connectivity index (χ0n) is 13.9.